The van der Waals surface area contributed by atoms with Crippen LogP contribution >= 0.6 is 24.0 Å². The number of hydrogen-bond acceptors (Lipinski definition) is 2. The Labute approximate surface area is 137 Å². The van der Waals surface area contributed by atoms with Gasteiger partial charge in [-0.05, 0) is 45.6 Å². The van der Waals surface area contributed by atoms with E-state index in [0.29, 0.717) is 12.5 Å². The highest BCUT2D eigenvalue weighted by Gasteiger charge is 2.14. The number of rotatable bonds is 5. The van der Waals surface area contributed by atoms with Crippen molar-refractivity contribution in [3.05, 3.63) is 35.6 Å². The predicted octanol–water partition coefficient (Wildman–Crippen LogP) is 2.36. The van der Waals surface area contributed by atoms with Gasteiger partial charge in [-0.2, -0.15) is 0 Å². The molecule has 1 atom stereocenters. The van der Waals surface area contributed by atoms with E-state index in [-0.39, 0.29) is 41.9 Å². The van der Waals surface area contributed by atoms with Gasteiger partial charge in [0.05, 0.1) is 12.6 Å². The number of hydrogen-bond donors (Lipinski definition) is 2. The van der Waals surface area contributed by atoms with E-state index in [0.717, 1.165) is 5.56 Å². The highest BCUT2D eigenvalue weighted by Crippen LogP contribution is 2.19. The zero-order valence-corrected chi connectivity index (χ0v) is 14.8. The summed E-state index contributed by atoms with van der Waals surface area (Å²) in [6, 6.07) is 6.83. The lowest BCUT2D eigenvalue weighted by Crippen LogP contribution is -2.37. The third kappa shape index (κ3) is 6.51. The zero-order valence-electron chi connectivity index (χ0n) is 12.4. The van der Waals surface area contributed by atoms with E-state index in [1.165, 1.54) is 12.1 Å². The Morgan fingerprint density at radius 1 is 1.40 bits per heavy atom. The smallest absolute Gasteiger partial charge is 0.188 e. The molecule has 0 fully saturated rings. The average Bonchev–Trinajstić information content (AvgIpc) is 2.27. The Morgan fingerprint density at radius 3 is 2.55 bits per heavy atom. The van der Waals surface area contributed by atoms with Crippen molar-refractivity contribution >= 4 is 29.9 Å². The molecule has 20 heavy (non-hydrogen) atoms. The van der Waals surface area contributed by atoms with Gasteiger partial charge in [0.15, 0.2) is 5.96 Å². The standard InChI is InChI=1S/C14H23FN4.HI/c1-10(2)18-14(16)17-9-13(19(3)4)11-6-5-7-12(15)8-11;/h5-8,10,13H,9H2,1-4H3,(H3,16,17,18);1H. The van der Waals surface area contributed by atoms with Gasteiger partial charge >= 0.3 is 0 Å². The molecule has 0 spiro atoms. The number of guanidine groups is 1. The molecular formula is C14H24FIN4. The minimum Gasteiger partial charge on any atom is -0.370 e. The van der Waals surface area contributed by atoms with Crippen LogP contribution in [0, 0.1) is 5.82 Å². The Morgan fingerprint density at radius 2 is 2.05 bits per heavy atom. The first kappa shape index (κ1) is 19.1. The van der Waals surface area contributed by atoms with Gasteiger partial charge in [0.1, 0.15) is 5.82 Å². The second kappa shape index (κ2) is 9.12. The number of aliphatic imine (C=N–C) groups is 1. The third-order valence-corrected chi connectivity index (χ3v) is 2.73. The molecule has 0 heterocycles. The van der Waals surface area contributed by atoms with E-state index in [2.05, 4.69) is 10.3 Å². The molecule has 114 valence electrons. The van der Waals surface area contributed by atoms with Gasteiger partial charge in [0, 0.05) is 6.04 Å². The summed E-state index contributed by atoms with van der Waals surface area (Å²) in [6.07, 6.45) is 0. The number of nitrogens with two attached hydrogens (primary N) is 1. The Kier molecular flexibility index (Phi) is 8.71. The quantitative estimate of drug-likeness (QED) is 0.458. The number of likely N-dealkylation sites (N-methyl/N-ethyl adjacent to an activating group) is 1. The molecule has 0 saturated carbocycles. The van der Waals surface area contributed by atoms with Gasteiger partial charge in [-0.3, -0.25) is 4.99 Å². The number of nitrogens with zero attached hydrogens (tertiary/aromatic N) is 2. The van der Waals surface area contributed by atoms with E-state index >= 15 is 0 Å². The molecule has 0 aliphatic carbocycles. The summed E-state index contributed by atoms with van der Waals surface area (Å²) in [6.45, 7) is 4.48. The zero-order chi connectivity index (χ0) is 14.4. The van der Waals surface area contributed by atoms with Crippen LogP contribution in [0.1, 0.15) is 25.5 Å². The Balaban J connectivity index is 0.00000361. The first-order valence-electron chi connectivity index (χ1n) is 6.38. The monoisotopic (exact) mass is 394 g/mol. The van der Waals surface area contributed by atoms with E-state index < -0.39 is 0 Å². The second-order valence-electron chi connectivity index (χ2n) is 5.06. The molecule has 0 bridgehead atoms. The normalized spacial score (nSPS) is 13.2. The fraction of sp³-hybridized carbons (Fsp3) is 0.500. The molecule has 0 aliphatic rings. The van der Waals surface area contributed by atoms with Gasteiger partial charge in [0.25, 0.3) is 0 Å². The summed E-state index contributed by atoms with van der Waals surface area (Å²) in [5, 5.41) is 3.04. The van der Waals surface area contributed by atoms with Crippen LogP contribution in [0.2, 0.25) is 0 Å². The summed E-state index contributed by atoms with van der Waals surface area (Å²) in [4.78, 5) is 6.31. The molecule has 1 aromatic rings. The molecule has 0 amide bonds. The van der Waals surface area contributed by atoms with E-state index in [1.54, 1.807) is 6.07 Å². The minimum absolute atomic E-state index is 0. The lowest BCUT2D eigenvalue weighted by Gasteiger charge is -2.23. The van der Waals surface area contributed by atoms with Gasteiger partial charge < -0.3 is 16.0 Å². The SMILES string of the molecule is CC(C)NC(N)=NCC(c1cccc(F)c1)N(C)C.I. The first-order valence-corrected chi connectivity index (χ1v) is 6.38. The van der Waals surface area contributed by atoms with E-state index in [9.17, 15) is 4.39 Å². The lowest BCUT2D eigenvalue weighted by molar-refractivity contribution is 0.305. The molecule has 0 saturated heterocycles. The first-order chi connectivity index (χ1) is 8.90. The molecule has 1 aromatic carbocycles. The summed E-state index contributed by atoms with van der Waals surface area (Å²) in [5.41, 5.74) is 6.67. The topological polar surface area (TPSA) is 53.6 Å². The number of benzene rings is 1. The molecule has 3 N–H and O–H groups in total. The highest BCUT2D eigenvalue weighted by atomic mass is 127. The van der Waals surface area contributed by atoms with Crippen molar-refractivity contribution in [3.63, 3.8) is 0 Å². The van der Waals surface area contributed by atoms with Crippen LogP contribution in [0.4, 0.5) is 4.39 Å². The van der Waals surface area contributed by atoms with Crippen molar-refractivity contribution in [1.29, 1.82) is 0 Å². The lowest BCUT2D eigenvalue weighted by atomic mass is 10.1. The maximum Gasteiger partial charge on any atom is 0.188 e. The average molecular weight is 394 g/mol. The summed E-state index contributed by atoms with van der Waals surface area (Å²) < 4.78 is 13.3. The van der Waals surface area contributed by atoms with Crippen molar-refractivity contribution in [1.82, 2.24) is 10.2 Å². The van der Waals surface area contributed by atoms with Crippen LogP contribution in [-0.4, -0.2) is 37.5 Å². The molecule has 0 aromatic heterocycles. The summed E-state index contributed by atoms with van der Waals surface area (Å²) >= 11 is 0. The van der Waals surface area contributed by atoms with Gasteiger partial charge in [0.2, 0.25) is 0 Å². The van der Waals surface area contributed by atoms with Crippen molar-refractivity contribution in [3.8, 4) is 0 Å². The maximum atomic E-state index is 13.3. The number of nitrogens with one attached hydrogen (secondary N) is 1. The van der Waals surface area contributed by atoms with Gasteiger partial charge in [-0.25, -0.2) is 4.39 Å². The maximum absolute atomic E-state index is 13.3. The second-order valence-corrected chi connectivity index (χ2v) is 5.06. The van der Waals surface area contributed by atoms with E-state index in [4.69, 9.17) is 5.73 Å². The minimum atomic E-state index is -0.235. The van der Waals surface area contributed by atoms with Crippen LogP contribution in [0.15, 0.2) is 29.3 Å². The fourth-order valence-electron chi connectivity index (χ4n) is 1.81. The third-order valence-electron chi connectivity index (χ3n) is 2.73. The van der Waals surface area contributed by atoms with Gasteiger partial charge in [-0.15, -0.1) is 24.0 Å². The van der Waals surface area contributed by atoms with E-state index in [1.807, 2.05) is 38.9 Å². The van der Waals surface area contributed by atoms with Crippen molar-refractivity contribution in [2.75, 3.05) is 20.6 Å². The highest BCUT2D eigenvalue weighted by molar-refractivity contribution is 14.0. The number of halogens is 2. The van der Waals surface area contributed by atoms with Crippen molar-refractivity contribution in [2.45, 2.75) is 25.9 Å². The summed E-state index contributed by atoms with van der Waals surface area (Å²) in [7, 11) is 3.88. The van der Waals surface area contributed by atoms with Crippen LogP contribution in [0.5, 0.6) is 0 Å². The van der Waals surface area contributed by atoms with Crippen LogP contribution in [0.3, 0.4) is 0 Å². The molecule has 1 unspecified atom stereocenters. The molecule has 1 rings (SSSR count). The largest absolute Gasteiger partial charge is 0.370 e. The van der Waals surface area contributed by atoms with Crippen molar-refractivity contribution < 1.29 is 4.39 Å². The molecule has 6 heteroatoms. The molecular weight excluding hydrogens is 370 g/mol. The van der Waals surface area contributed by atoms with Crippen LogP contribution < -0.4 is 11.1 Å². The van der Waals surface area contributed by atoms with Gasteiger partial charge in [-0.1, -0.05) is 12.1 Å². The van der Waals surface area contributed by atoms with Crippen LogP contribution in [0.25, 0.3) is 0 Å². The molecule has 4 nitrogen and oxygen atoms in total. The predicted molar refractivity (Wildman–Crippen MR) is 93.0 cm³/mol. The fourth-order valence-corrected chi connectivity index (χ4v) is 1.81. The van der Waals surface area contributed by atoms with Crippen molar-refractivity contribution in [2.24, 2.45) is 10.7 Å². The summed E-state index contributed by atoms with van der Waals surface area (Å²) in [5.74, 6) is 0.180. The molecule has 0 aliphatic heterocycles. The molecule has 0 radical (unpaired) electrons. The Bertz CT molecular complexity index is 435. The van der Waals surface area contributed by atoms with Crippen LogP contribution in [-0.2, 0) is 0 Å². The Hall–Kier alpha value is -0.890.